The molecule has 4 aromatic rings. The number of aryl methyl sites for hydroxylation is 2. The fourth-order valence-electron chi connectivity index (χ4n) is 3.32. The van der Waals surface area contributed by atoms with Gasteiger partial charge in [0, 0.05) is 23.4 Å². The summed E-state index contributed by atoms with van der Waals surface area (Å²) < 4.78 is 16.7. The Hall–Kier alpha value is -3.35. The predicted octanol–water partition coefficient (Wildman–Crippen LogP) is 4.77. The normalized spacial score (nSPS) is 11.4. The topological polar surface area (TPSA) is 68.5 Å². The molecule has 3 aromatic heterocycles. The molecule has 0 saturated heterocycles. The summed E-state index contributed by atoms with van der Waals surface area (Å²) in [4.78, 5) is 17.3. The van der Waals surface area contributed by atoms with Gasteiger partial charge < -0.3 is 9.88 Å². The van der Waals surface area contributed by atoms with E-state index in [4.69, 9.17) is 0 Å². The highest BCUT2D eigenvalue weighted by molar-refractivity contribution is 5.82. The zero-order valence-electron chi connectivity index (χ0n) is 16.2. The summed E-state index contributed by atoms with van der Waals surface area (Å²) in [7, 11) is 0. The SMILES string of the molecule is Cc1[c]ccc(Nc2ncc(F)c(-c3ccc4nc(C)n(C(C)C)c4c3)n2)n1. The van der Waals surface area contributed by atoms with E-state index in [1.165, 1.54) is 6.20 Å². The lowest BCUT2D eigenvalue weighted by atomic mass is 10.1. The molecule has 0 spiro atoms. The van der Waals surface area contributed by atoms with Gasteiger partial charge in [0.15, 0.2) is 5.82 Å². The number of fused-ring (bicyclic) bond motifs is 1. The Morgan fingerprint density at radius 1 is 1.11 bits per heavy atom. The molecule has 0 aliphatic rings. The highest BCUT2D eigenvalue weighted by Gasteiger charge is 2.15. The zero-order chi connectivity index (χ0) is 19.8. The van der Waals surface area contributed by atoms with Gasteiger partial charge in [0.05, 0.1) is 17.2 Å². The fraction of sp³-hybridized carbons (Fsp3) is 0.238. The van der Waals surface area contributed by atoms with Crippen molar-refractivity contribution in [3.8, 4) is 11.3 Å². The Kier molecular flexibility index (Phi) is 4.50. The monoisotopic (exact) mass is 375 g/mol. The Balaban J connectivity index is 1.77. The number of hydrogen-bond donors (Lipinski definition) is 1. The lowest BCUT2D eigenvalue weighted by Gasteiger charge is -2.12. The van der Waals surface area contributed by atoms with Crippen molar-refractivity contribution in [2.75, 3.05) is 5.32 Å². The summed E-state index contributed by atoms with van der Waals surface area (Å²) in [5.41, 5.74) is 3.47. The Labute approximate surface area is 162 Å². The van der Waals surface area contributed by atoms with Crippen molar-refractivity contribution in [3.63, 3.8) is 0 Å². The van der Waals surface area contributed by atoms with Crippen molar-refractivity contribution < 1.29 is 4.39 Å². The minimum Gasteiger partial charge on any atom is -0.326 e. The van der Waals surface area contributed by atoms with E-state index in [1.54, 1.807) is 12.1 Å². The van der Waals surface area contributed by atoms with Crippen LogP contribution in [0, 0.1) is 25.7 Å². The van der Waals surface area contributed by atoms with Crippen LogP contribution in [0.15, 0.2) is 36.5 Å². The first-order chi connectivity index (χ1) is 13.4. The molecule has 0 amide bonds. The Morgan fingerprint density at radius 2 is 1.93 bits per heavy atom. The van der Waals surface area contributed by atoms with Crippen LogP contribution in [0.4, 0.5) is 16.2 Å². The average molecular weight is 375 g/mol. The van der Waals surface area contributed by atoms with Crippen LogP contribution in [0.2, 0.25) is 0 Å². The summed E-state index contributed by atoms with van der Waals surface area (Å²) in [5, 5.41) is 3.02. The van der Waals surface area contributed by atoms with E-state index in [2.05, 4.69) is 49.7 Å². The highest BCUT2D eigenvalue weighted by atomic mass is 19.1. The molecule has 28 heavy (non-hydrogen) atoms. The molecule has 1 N–H and O–H groups in total. The maximum atomic E-state index is 14.5. The standard InChI is InChI=1S/C21H20FN6/c1-12(2)28-14(4)25-17-9-8-15(10-18(17)28)20-16(22)11-23-21(27-20)26-19-7-5-6-13(3)24-19/h5,7-12H,1-4H3,(H,23,24,26,27). The number of halogens is 1. The summed E-state index contributed by atoms with van der Waals surface area (Å²) in [6.07, 6.45) is 1.17. The highest BCUT2D eigenvalue weighted by Crippen LogP contribution is 2.28. The Bertz CT molecular complexity index is 1160. The van der Waals surface area contributed by atoms with Gasteiger partial charge in [-0.1, -0.05) is 6.07 Å². The first-order valence-corrected chi connectivity index (χ1v) is 9.06. The smallest absolute Gasteiger partial charge is 0.229 e. The number of aromatic nitrogens is 5. The molecule has 0 bridgehead atoms. The van der Waals surface area contributed by atoms with Crippen molar-refractivity contribution in [1.29, 1.82) is 0 Å². The lowest BCUT2D eigenvalue weighted by Crippen LogP contribution is -2.03. The molecule has 0 aliphatic carbocycles. The summed E-state index contributed by atoms with van der Waals surface area (Å²) in [6.45, 7) is 8.01. The second-order valence-electron chi connectivity index (χ2n) is 6.90. The number of pyridine rings is 1. The third-order valence-electron chi connectivity index (χ3n) is 4.46. The molecular formula is C21H20FN6. The Morgan fingerprint density at radius 3 is 2.68 bits per heavy atom. The third-order valence-corrected chi connectivity index (χ3v) is 4.46. The number of nitrogens with one attached hydrogen (secondary N) is 1. The predicted molar refractivity (Wildman–Crippen MR) is 107 cm³/mol. The first-order valence-electron chi connectivity index (χ1n) is 9.06. The van der Waals surface area contributed by atoms with Gasteiger partial charge in [0.25, 0.3) is 0 Å². The van der Waals surface area contributed by atoms with Crippen LogP contribution in [-0.4, -0.2) is 24.5 Å². The van der Waals surface area contributed by atoms with Crippen LogP contribution in [-0.2, 0) is 0 Å². The van der Waals surface area contributed by atoms with Gasteiger partial charge in [0.2, 0.25) is 5.95 Å². The number of rotatable bonds is 4. The van der Waals surface area contributed by atoms with E-state index >= 15 is 0 Å². The number of nitrogens with zero attached hydrogens (tertiary/aromatic N) is 5. The molecule has 6 nitrogen and oxygen atoms in total. The van der Waals surface area contributed by atoms with Gasteiger partial charge in [-0.3, -0.25) is 0 Å². The van der Waals surface area contributed by atoms with E-state index in [-0.39, 0.29) is 17.7 Å². The van der Waals surface area contributed by atoms with Gasteiger partial charge in [-0.2, -0.15) is 0 Å². The number of imidazole rings is 1. The molecule has 1 radical (unpaired) electrons. The second kappa shape index (κ2) is 6.99. The molecule has 0 saturated carbocycles. The molecule has 0 unspecified atom stereocenters. The van der Waals surface area contributed by atoms with E-state index in [9.17, 15) is 4.39 Å². The fourth-order valence-corrected chi connectivity index (χ4v) is 3.32. The number of hydrogen-bond acceptors (Lipinski definition) is 5. The van der Waals surface area contributed by atoms with Gasteiger partial charge in [0.1, 0.15) is 17.3 Å². The van der Waals surface area contributed by atoms with Gasteiger partial charge in [-0.15, -0.1) is 0 Å². The van der Waals surface area contributed by atoms with Crippen LogP contribution >= 0.6 is 0 Å². The van der Waals surface area contributed by atoms with Crippen LogP contribution in [0.25, 0.3) is 22.3 Å². The molecule has 0 atom stereocenters. The summed E-state index contributed by atoms with van der Waals surface area (Å²) in [6, 6.07) is 12.4. The maximum Gasteiger partial charge on any atom is 0.229 e. The van der Waals surface area contributed by atoms with E-state index in [0.29, 0.717) is 11.4 Å². The molecular weight excluding hydrogens is 355 g/mol. The number of benzene rings is 1. The van der Waals surface area contributed by atoms with Crippen molar-refractivity contribution in [2.24, 2.45) is 0 Å². The van der Waals surface area contributed by atoms with Crippen LogP contribution in [0.1, 0.15) is 31.4 Å². The van der Waals surface area contributed by atoms with Gasteiger partial charge in [-0.25, -0.2) is 24.3 Å². The molecule has 3 heterocycles. The average Bonchev–Trinajstić information content (AvgIpc) is 2.98. The largest absolute Gasteiger partial charge is 0.326 e. The molecule has 0 fully saturated rings. The van der Waals surface area contributed by atoms with Crippen molar-refractivity contribution in [2.45, 2.75) is 33.7 Å². The van der Waals surface area contributed by atoms with Crippen molar-refractivity contribution in [3.05, 3.63) is 59.9 Å². The lowest BCUT2D eigenvalue weighted by molar-refractivity contribution is 0.600. The van der Waals surface area contributed by atoms with Crippen LogP contribution < -0.4 is 5.32 Å². The van der Waals surface area contributed by atoms with E-state index < -0.39 is 5.82 Å². The summed E-state index contributed by atoms with van der Waals surface area (Å²) in [5.74, 6) is 1.30. The molecule has 4 rings (SSSR count). The minimum absolute atomic E-state index is 0.229. The molecule has 141 valence electrons. The van der Waals surface area contributed by atoms with E-state index in [0.717, 1.165) is 22.6 Å². The van der Waals surface area contributed by atoms with Gasteiger partial charge in [-0.05, 0) is 52.0 Å². The summed E-state index contributed by atoms with van der Waals surface area (Å²) >= 11 is 0. The van der Waals surface area contributed by atoms with E-state index in [1.807, 2.05) is 32.0 Å². The van der Waals surface area contributed by atoms with Crippen LogP contribution in [0.3, 0.4) is 0 Å². The van der Waals surface area contributed by atoms with Crippen molar-refractivity contribution in [1.82, 2.24) is 24.5 Å². The second-order valence-corrected chi connectivity index (χ2v) is 6.90. The van der Waals surface area contributed by atoms with Gasteiger partial charge >= 0.3 is 0 Å². The van der Waals surface area contributed by atoms with Crippen LogP contribution in [0.5, 0.6) is 0 Å². The minimum atomic E-state index is -0.484. The zero-order valence-corrected chi connectivity index (χ0v) is 16.2. The van der Waals surface area contributed by atoms with Crippen molar-refractivity contribution >= 4 is 22.8 Å². The maximum absolute atomic E-state index is 14.5. The number of anilines is 2. The quantitative estimate of drug-likeness (QED) is 0.556. The molecule has 1 aromatic carbocycles. The molecule has 7 heteroatoms. The molecule has 0 aliphatic heterocycles. The third kappa shape index (κ3) is 3.31. The first kappa shape index (κ1) is 18.0.